The highest BCUT2D eigenvalue weighted by Gasteiger charge is 2.51. The van der Waals surface area contributed by atoms with E-state index in [2.05, 4.69) is 46.0 Å². The first kappa shape index (κ1) is 24.2. The van der Waals surface area contributed by atoms with Gasteiger partial charge in [-0.25, -0.2) is 9.69 Å². The van der Waals surface area contributed by atoms with Gasteiger partial charge in [0.05, 0.1) is 9.26 Å². The third-order valence-corrected chi connectivity index (χ3v) is 9.30. The number of nitrogens with one attached hydrogen (secondary N) is 1. The summed E-state index contributed by atoms with van der Waals surface area (Å²) in [7, 11) is 0. The normalized spacial score (nSPS) is 29.4. The van der Waals surface area contributed by atoms with Crippen LogP contribution in [0.2, 0.25) is 0 Å². The van der Waals surface area contributed by atoms with Gasteiger partial charge in [-0.15, -0.1) is 6.42 Å². The molecule has 7 rings (SSSR count). The quantitative estimate of drug-likeness (QED) is 0.213. The summed E-state index contributed by atoms with van der Waals surface area (Å²) in [6.07, 6.45) is 14.6. The monoisotopic (exact) mass is 606 g/mol. The fourth-order valence-electron chi connectivity index (χ4n) is 7.33. The topological polar surface area (TPSA) is 75.7 Å². The number of imide groups is 2. The number of hydrogen-bond donors (Lipinski definition) is 1. The maximum absolute atomic E-state index is 13.4. The summed E-state index contributed by atoms with van der Waals surface area (Å²) in [5, 5.41) is 2.32. The van der Waals surface area contributed by atoms with Crippen LogP contribution in [0, 0.1) is 33.7 Å². The van der Waals surface area contributed by atoms with Crippen molar-refractivity contribution < 1.29 is 19.1 Å². The molecule has 0 atom stereocenters. The van der Waals surface area contributed by atoms with Crippen LogP contribution in [-0.4, -0.2) is 24.5 Å². The van der Waals surface area contributed by atoms with Crippen molar-refractivity contribution in [3.05, 3.63) is 62.7 Å². The van der Waals surface area contributed by atoms with E-state index < -0.39 is 17.8 Å². The van der Waals surface area contributed by atoms with Gasteiger partial charge in [0.2, 0.25) is 0 Å². The Kier molecular flexibility index (Phi) is 6.10. The minimum atomic E-state index is -0.734. The van der Waals surface area contributed by atoms with Crippen molar-refractivity contribution >= 4 is 52.2 Å². The lowest BCUT2D eigenvalue weighted by Gasteiger charge is -2.57. The molecule has 1 aliphatic heterocycles. The summed E-state index contributed by atoms with van der Waals surface area (Å²) >= 11 is 2.11. The number of urea groups is 1. The zero-order valence-electron chi connectivity index (χ0n) is 20.3. The molecule has 4 bridgehead atoms. The molecule has 2 aromatic rings. The zero-order valence-corrected chi connectivity index (χ0v) is 22.5. The zero-order chi connectivity index (χ0) is 25.7. The van der Waals surface area contributed by atoms with Crippen LogP contribution in [0.3, 0.4) is 0 Å². The van der Waals surface area contributed by atoms with Gasteiger partial charge in [-0.05, 0) is 126 Å². The number of amides is 4. The summed E-state index contributed by atoms with van der Waals surface area (Å²) in [5.41, 5.74) is 2.55. The van der Waals surface area contributed by atoms with Crippen LogP contribution in [0.25, 0.3) is 6.08 Å². The number of barbiturate groups is 1. The van der Waals surface area contributed by atoms with Crippen LogP contribution < -0.4 is 15.0 Å². The maximum atomic E-state index is 13.4. The van der Waals surface area contributed by atoms with Gasteiger partial charge in [-0.2, -0.15) is 0 Å². The molecule has 37 heavy (non-hydrogen) atoms. The van der Waals surface area contributed by atoms with Gasteiger partial charge < -0.3 is 4.74 Å². The first-order valence-corrected chi connectivity index (χ1v) is 13.8. The standard InChI is InChI=1S/C30H27IN2O4/c1-2-9-37-26-8-3-18(14-25(26)31)13-24-27(34)32-29(36)33(28(24)35)23-6-4-22(5-7-23)30-15-19-10-20(16-30)12-21(11-19)17-30/h1,3-8,13-14,19-21H,9-12,15-17H2,(H,32,34,36)/b24-13+. The molecule has 1 N–H and O–H groups in total. The molecule has 4 amide bonds. The Labute approximate surface area is 230 Å². The van der Waals surface area contributed by atoms with Gasteiger partial charge in [-0.3, -0.25) is 14.9 Å². The molecule has 1 heterocycles. The van der Waals surface area contributed by atoms with Gasteiger partial charge in [0.1, 0.15) is 17.9 Å². The summed E-state index contributed by atoms with van der Waals surface area (Å²) in [6, 6.07) is 12.4. The maximum Gasteiger partial charge on any atom is 0.335 e. The van der Waals surface area contributed by atoms with Gasteiger partial charge in [0.25, 0.3) is 11.8 Å². The van der Waals surface area contributed by atoms with Crippen LogP contribution in [0.15, 0.2) is 48.0 Å². The number of nitrogens with zero attached hydrogens (tertiary/aromatic N) is 1. The third-order valence-electron chi connectivity index (χ3n) is 8.46. The largest absolute Gasteiger partial charge is 0.480 e. The minimum absolute atomic E-state index is 0.0992. The second kappa shape index (κ2) is 9.32. The Bertz CT molecular complexity index is 1340. The van der Waals surface area contributed by atoms with E-state index in [4.69, 9.17) is 11.2 Å². The highest BCUT2D eigenvalue weighted by atomic mass is 127. The molecule has 5 aliphatic rings. The first-order valence-electron chi connectivity index (χ1n) is 12.7. The van der Waals surface area contributed by atoms with Crippen molar-refractivity contribution in [2.75, 3.05) is 11.5 Å². The van der Waals surface area contributed by atoms with E-state index in [-0.39, 0.29) is 17.6 Å². The van der Waals surface area contributed by atoms with Crippen molar-refractivity contribution in [1.82, 2.24) is 5.32 Å². The number of benzene rings is 2. The molecular formula is C30H27IN2O4. The van der Waals surface area contributed by atoms with E-state index in [9.17, 15) is 14.4 Å². The molecule has 4 saturated carbocycles. The van der Waals surface area contributed by atoms with Crippen LogP contribution in [-0.2, 0) is 15.0 Å². The highest BCUT2D eigenvalue weighted by molar-refractivity contribution is 14.1. The summed E-state index contributed by atoms with van der Waals surface area (Å²) in [6.45, 7) is 0.149. The predicted molar refractivity (Wildman–Crippen MR) is 149 cm³/mol. The van der Waals surface area contributed by atoms with Crippen molar-refractivity contribution in [3.63, 3.8) is 0 Å². The highest BCUT2D eigenvalue weighted by Crippen LogP contribution is 2.60. The van der Waals surface area contributed by atoms with E-state index in [0.29, 0.717) is 17.0 Å². The fourth-order valence-corrected chi connectivity index (χ4v) is 8.03. The molecule has 7 heteroatoms. The van der Waals surface area contributed by atoms with Gasteiger partial charge in [0, 0.05) is 0 Å². The van der Waals surface area contributed by atoms with Crippen molar-refractivity contribution in [1.29, 1.82) is 0 Å². The molecule has 188 valence electrons. The molecule has 2 aromatic carbocycles. The molecule has 0 spiro atoms. The van der Waals surface area contributed by atoms with E-state index in [1.54, 1.807) is 18.2 Å². The Morgan fingerprint density at radius 3 is 2.27 bits per heavy atom. The lowest BCUT2D eigenvalue weighted by molar-refractivity contribution is -0.122. The van der Waals surface area contributed by atoms with Gasteiger partial charge in [0.15, 0.2) is 0 Å². The van der Waals surface area contributed by atoms with E-state index in [0.717, 1.165) is 26.2 Å². The molecule has 4 aliphatic carbocycles. The van der Waals surface area contributed by atoms with Crippen molar-refractivity contribution in [2.45, 2.75) is 43.9 Å². The second-order valence-electron chi connectivity index (χ2n) is 10.9. The Morgan fingerprint density at radius 2 is 1.68 bits per heavy atom. The lowest BCUT2D eigenvalue weighted by Crippen LogP contribution is -2.54. The Hall–Kier alpha value is -3.12. The molecule has 6 nitrogen and oxygen atoms in total. The van der Waals surface area contributed by atoms with E-state index in [1.165, 1.54) is 50.2 Å². The first-order chi connectivity index (χ1) is 17.8. The number of halogens is 1. The Balaban J connectivity index is 1.26. The van der Waals surface area contributed by atoms with E-state index >= 15 is 0 Å². The fraction of sp³-hybridized carbons (Fsp3) is 0.367. The number of terminal acetylenes is 1. The number of carbonyl (C=O) groups is 3. The van der Waals surface area contributed by atoms with Crippen molar-refractivity contribution in [3.8, 4) is 18.1 Å². The number of carbonyl (C=O) groups excluding carboxylic acids is 3. The predicted octanol–water partition coefficient (Wildman–Crippen LogP) is 5.44. The molecule has 0 unspecified atom stereocenters. The molecule has 5 fully saturated rings. The molecule has 0 radical (unpaired) electrons. The summed E-state index contributed by atoms with van der Waals surface area (Å²) in [4.78, 5) is 39.8. The average Bonchev–Trinajstić information content (AvgIpc) is 2.85. The van der Waals surface area contributed by atoms with Crippen LogP contribution in [0.1, 0.15) is 49.7 Å². The number of ether oxygens (including phenoxy) is 1. The third kappa shape index (κ3) is 4.35. The van der Waals surface area contributed by atoms with E-state index in [1.807, 2.05) is 12.1 Å². The van der Waals surface area contributed by atoms with Crippen LogP contribution >= 0.6 is 22.6 Å². The van der Waals surface area contributed by atoms with Crippen LogP contribution in [0.4, 0.5) is 10.5 Å². The SMILES string of the molecule is C#CCOc1ccc(/C=C2\C(=O)NC(=O)N(c3ccc(C45CC6CC(CC(C6)C4)C5)cc3)C2=O)cc1I. The second-order valence-corrected chi connectivity index (χ2v) is 12.0. The number of anilines is 1. The number of rotatable bonds is 5. The van der Waals surface area contributed by atoms with Gasteiger partial charge in [-0.1, -0.05) is 24.1 Å². The molecule has 1 saturated heterocycles. The van der Waals surface area contributed by atoms with Gasteiger partial charge >= 0.3 is 6.03 Å². The van der Waals surface area contributed by atoms with Crippen molar-refractivity contribution in [2.24, 2.45) is 17.8 Å². The molecular weight excluding hydrogens is 579 g/mol. The summed E-state index contributed by atoms with van der Waals surface area (Å²) < 4.78 is 6.28. The van der Waals surface area contributed by atoms with Crippen LogP contribution in [0.5, 0.6) is 5.75 Å². The number of hydrogen-bond acceptors (Lipinski definition) is 4. The summed E-state index contributed by atoms with van der Waals surface area (Å²) in [5.74, 6) is 4.20. The smallest absolute Gasteiger partial charge is 0.335 e. The average molecular weight is 606 g/mol. The minimum Gasteiger partial charge on any atom is -0.480 e. The molecule has 0 aromatic heterocycles. The Morgan fingerprint density at radius 1 is 1.03 bits per heavy atom. The lowest BCUT2D eigenvalue weighted by atomic mass is 9.48.